The van der Waals surface area contributed by atoms with Gasteiger partial charge in [-0.3, -0.25) is 0 Å². The van der Waals surface area contributed by atoms with Crippen LogP contribution in [0, 0.1) is 0 Å². The molecule has 0 radical (unpaired) electrons. The first-order valence-electron chi connectivity index (χ1n) is 17.7. The SMILES string of the molecule is CC1(C)OB(c2ccc(C3(c4ccccc4)CCC(c4ccccc4)(c4ccc(B5OC(C)(C)C(C)(C)O5)cc4)CC3)cc2)OC1(C)C. The van der Waals surface area contributed by atoms with Gasteiger partial charge in [0, 0.05) is 10.8 Å². The van der Waals surface area contributed by atoms with Gasteiger partial charge in [0.05, 0.1) is 22.4 Å². The molecule has 0 unspecified atom stereocenters. The monoisotopic (exact) mass is 640 g/mol. The summed E-state index contributed by atoms with van der Waals surface area (Å²) >= 11 is 0. The molecular formula is C42H50B2O4. The van der Waals surface area contributed by atoms with Crippen molar-refractivity contribution in [1.82, 2.24) is 0 Å². The lowest BCUT2D eigenvalue weighted by atomic mass is 9.55. The average Bonchev–Trinajstić information content (AvgIpc) is 3.45. The van der Waals surface area contributed by atoms with Crippen molar-refractivity contribution in [3.63, 3.8) is 0 Å². The van der Waals surface area contributed by atoms with Crippen molar-refractivity contribution in [2.75, 3.05) is 0 Å². The zero-order chi connectivity index (χ0) is 34.0. The van der Waals surface area contributed by atoms with Crippen LogP contribution in [0.25, 0.3) is 0 Å². The molecule has 2 saturated heterocycles. The van der Waals surface area contributed by atoms with E-state index in [-0.39, 0.29) is 47.5 Å². The molecule has 1 saturated carbocycles. The second-order valence-electron chi connectivity index (χ2n) is 16.3. The highest BCUT2D eigenvalue weighted by Crippen LogP contribution is 2.54. The van der Waals surface area contributed by atoms with Crippen LogP contribution in [0.2, 0.25) is 0 Å². The highest BCUT2D eigenvalue weighted by atomic mass is 16.7. The zero-order valence-electron chi connectivity index (χ0n) is 30.0. The Kier molecular flexibility index (Phi) is 8.15. The van der Waals surface area contributed by atoms with E-state index in [2.05, 4.69) is 165 Å². The molecule has 7 rings (SSSR count). The molecule has 3 fully saturated rings. The van der Waals surface area contributed by atoms with Gasteiger partial charge in [-0.1, -0.05) is 109 Å². The van der Waals surface area contributed by atoms with Crippen LogP contribution in [0.3, 0.4) is 0 Å². The molecule has 0 aromatic heterocycles. The van der Waals surface area contributed by atoms with E-state index < -0.39 is 0 Å². The lowest BCUT2D eigenvalue weighted by Crippen LogP contribution is -2.42. The molecule has 4 nitrogen and oxygen atoms in total. The number of hydrogen-bond donors (Lipinski definition) is 0. The van der Waals surface area contributed by atoms with E-state index in [1.807, 2.05) is 0 Å². The highest BCUT2D eigenvalue weighted by molar-refractivity contribution is 6.62. The van der Waals surface area contributed by atoms with Crippen LogP contribution < -0.4 is 10.9 Å². The summed E-state index contributed by atoms with van der Waals surface area (Å²) < 4.78 is 25.6. The Hall–Kier alpha value is -3.15. The van der Waals surface area contributed by atoms with Crippen LogP contribution in [-0.2, 0) is 29.4 Å². The van der Waals surface area contributed by atoms with E-state index in [1.165, 1.54) is 22.3 Å². The third-order valence-electron chi connectivity index (χ3n) is 12.6. The summed E-state index contributed by atoms with van der Waals surface area (Å²) in [6, 6.07) is 40.4. The summed E-state index contributed by atoms with van der Waals surface area (Å²) in [5, 5.41) is 0. The average molecular weight is 640 g/mol. The van der Waals surface area contributed by atoms with Gasteiger partial charge in [0.25, 0.3) is 0 Å². The fourth-order valence-corrected chi connectivity index (χ4v) is 7.98. The van der Waals surface area contributed by atoms with E-state index in [0.717, 1.165) is 36.6 Å². The van der Waals surface area contributed by atoms with Crippen LogP contribution >= 0.6 is 0 Å². The predicted molar refractivity (Wildman–Crippen MR) is 197 cm³/mol. The molecule has 4 aromatic rings. The van der Waals surface area contributed by atoms with Crippen molar-refractivity contribution in [2.45, 2.75) is 114 Å². The smallest absolute Gasteiger partial charge is 0.399 e. The minimum absolute atomic E-state index is 0.101. The van der Waals surface area contributed by atoms with Crippen LogP contribution in [0.5, 0.6) is 0 Å². The highest BCUT2D eigenvalue weighted by Gasteiger charge is 2.53. The lowest BCUT2D eigenvalue weighted by Gasteiger charge is -2.48. The molecule has 1 aliphatic carbocycles. The fourth-order valence-electron chi connectivity index (χ4n) is 7.98. The third-order valence-corrected chi connectivity index (χ3v) is 12.6. The first kappa shape index (κ1) is 33.4. The van der Waals surface area contributed by atoms with Crippen LogP contribution in [0.1, 0.15) is 103 Å². The Morgan fingerprint density at radius 2 is 0.604 bits per heavy atom. The molecule has 3 aliphatic rings. The molecule has 2 aliphatic heterocycles. The molecule has 0 atom stereocenters. The van der Waals surface area contributed by atoms with Gasteiger partial charge in [0.15, 0.2) is 0 Å². The fraction of sp³-hybridized carbons (Fsp3) is 0.429. The van der Waals surface area contributed by atoms with E-state index in [1.54, 1.807) is 0 Å². The Morgan fingerprint density at radius 1 is 0.354 bits per heavy atom. The van der Waals surface area contributed by atoms with Crippen molar-refractivity contribution in [1.29, 1.82) is 0 Å². The summed E-state index contributed by atoms with van der Waals surface area (Å²) in [7, 11) is -0.733. The normalized spacial score (nSPS) is 27.2. The maximum Gasteiger partial charge on any atom is 0.494 e. The van der Waals surface area contributed by atoms with Crippen LogP contribution in [0.15, 0.2) is 109 Å². The molecule has 2 heterocycles. The third kappa shape index (κ3) is 5.50. The van der Waals surface area contributed by atoms with E-state index in [0.29, 0.717) is 0 Å². The van der Waals surface area contributed by atoms with Gasteiger partial charge in [-0.25, -0.2) is 0 Å². The van der Waals surface area contributed by atoms with Crippen molar-refractivity contribution in [3.05, 3.63) is 131 Å². The Bertz CT molecular complexity index is 1560. The summed E-state index contributed by atoms with van der Waals surface area (Å²) in [6.45, 7) is 16.9. The molecule has 248 valence electrons. The number of hydrogen-bond acceptors (Lipinski definition) is 4. The quantitative estimate of drug-likeness (QED) is 0.200. The molecule has 48 heavy (non-hydrogen) atoms. The first-order chi connectivity index (χ1) is 22.7. The summed E-state index contributed by atoms with van der Waals surface area (Å²) in [4.78, 5) is 0. The predicted octanol–water partition coefficient (Wildman–Crippen LogP) is 8.13. The van der Waals surface area contributed by atoms with Crippen molar-refractivity contribution < 1.29 is 18.6 Å². The Morgan fingerprint density at radius 3 is 0.875 bits per heavy atom. The van der Waals surface area contributed by atoms with Gasteiger partial charge in [-0.2, -0.15) is 0 Å². The van der Waals surface area contributed by atoms with E-state index in [4.69, 9.17) is 18.6 Å². The van der Waals surface area contributed by atoms with E-state index in [9.17, 15) is 0 Å². The van der Waals surface area contributed by atoms with Crippen molar-refractivity contribution in [2.24, 2.45) is 0 Å². The molecule has 0 amide bonds. The summed E-state index contributed by atoms with van der Waals surface area (Å²) in [5.74, 6) is 0. The maximum atomic E-state index is 6.39. The molecular weight excluding hydrogens is 590 g/mol. The number of rotatable bonds is 6. The van der Waals surface area contributed by atoms with Crippen molar-refractivity contribution >= 4 is 25.2 Å². The number of benzene rings is 4. The zero-order valence-corrected chi connectivity index (χ0v) is 30.0. The minimum atomic E-state index is -0.367. The second kappa shape index (κ2) is 11.7. The van der Waals surface area contributed by atoms with Crippen LogP contribution in [-0.4, -0.2) is 36.6 Å². The second-order valence-corrected chi connectivity index (χ2v) is 16.3. The summed E-state index contributed by atoms with van der Waals surface area (Å²) in [5.41, 5.74) is 5.93. The lowest BCUT2D eigenvalue weighted by molar-refractivity contribution is 0.00578. The molecule has 0 N–H and O–H groups in total. The van der Waals surface area contributed by atoms with Gasteiger partial charge >= 0.3 is 14.2 Å². The van der Waals surface area contributed by atoms with Gasteiger partial charge in [0.1, 0.15) is 0 Å². The largest absolute Gasteiger partial charge is 0.494 e. The molecule has 6 heteroatoms. The topological polar surface area (TPSA) is 36.9 Å². The maximum absolute atomic E-state index is 6.39. The van der Waals surface area contributed by atoms with Crippen molar-refractivity contribution in [3.8, 4) is 0 Å². The van der Waals surface area contributed by atoms with Gasteiger partial charge in [0.2, 0.25) is 0 Å². The molecule has 0 bridgehead atoms. The minimum Gasteiger partial charge on any atom is -0.399 e. The Balaban J connectivity index is 1.21. The standard InChI is InChI=1S/C42H50B2O4/c1-37(2)38(3,4)46-43(45-37)35-23-19-33(20-24-35)41(31-15-11-9-12-16-31)27-29-42(30-28-41,32-17-13-10-14-18-32)34-21-25-36(26-22-34)44-47-39(5,6)40(7,8)48-44/h9-26H,27-30H2,1-8H3. The molecule has 0 spiro atoms. The van der Waals surface area contributed by atoms with E-state index >= 15 is 0 Å². The van der Waals surface area contributed by atoms with Gasteiger partial charge in [-0.05, 0) is 114 Å². The van der Waals surface area contributed by atoms with Crippen LogP contribution in [0.4, 0.5) is 0 Å². The summed E-state index contributed by atoms with van der Waals surface area (Å²) in [6.07, 6.45) is 4.11. The van der Waals surface area contributed by atoms with Gasteiger partial charge < -0.3 is 18.6 Å². The van der Waals surface area contributed by atoms with Gasteiger partial charge in [-0.15, -0.1) is 0 Å². The first-order valence-corrected chi connectivity index (χ1v) is 17.7. The Labute approximate surface area is 288 Å². The molecule has 4 aromatic carbocycles.